The van der Waals surface area contributed by atoms with Crippen LogP contribution in [0.2, 0.25) is 5.02 Å². The van der Waals surface area contributed by atoms with Gasteiger partial charge in [-0.05, 0) is 43.3 Å². The van der Waals surface area contributed by atoms with Crippen LogP contribution in [0.4, 0.5) is 0 Å². The van der Waals surface area contributed by atoms with Gasteiger partial charge in [-0.2, -0.15) is 0 Å². The average molecular weight is 357 g/mol. The molecule has 1 heterocycles. The number of hydrogen-bond acceptors (Lipinski definition) is 3. The molecule has 0 saturated heterocycles. The molecule has 24 heavy (non-hydrogen) atoms. The summed E-state index contributed by atoms with van der Waals surface area (Å²) < 4.78 is 5.55. The number of halogens is 1. The van der Waals surface area contributed by atoms with E-state index in [1.54, 1.807) is 18.0 Å². The lowest BCUT2D eigenvalue weighted by Crippen LogP contribution is -2.05. The fraction of sp³-hybridized carbons (Fsp3) is 0.150. The molecule has 0 fully saturated rings. The van der Waals surface area contributed by atoms with Crippen LogP contribution in [0, 0.1) is 6.92 Å². The third kappa shape index (κ3) is 4.31. The molecule has 0 amide bonds. The van der Waals surface area contributed by atoms with Crippen LogP contribution in [-0.2, 0) is 0 Å². The molecule has 0 spiro atoms. The number of carbonyl (C=O) groups excluding carboxylic acids is 1. The average Bonchev–Trinajstić information content (AvgIpc) is 3.11. The minimum Gasteiger partial charge on any atom is -0.468 e. The van der Waals surface area contributed by atoms with Crippen LogP contribution >= 0.6 is 23.4 Å². The number of hydrogen-bond donors (Lipinski definition) is 0. The molecule has 0 aliphatic carbocycles. The molecule has 0 N–H and O–H groups in total. The fourth-order valence-electron chi connectivity index (χ4n) is 2.38. The van der Waals surface area contributed by atoms with E-state index in [4.69, 9.17) is 16.0 Å². The Morgan fingerprint density at radius 2 is 1.79 bits per heavy atom. The third-order valence-corrected chi connectivity index (χ3v) is 5.18. The number of carbonyl (C=O) groups is 1. The second kappa shape index (κ2) is 7.73. The van der Waals surface area contributed by atoms with E-state index < -0.39 is 0 Å². The molecule has 0 bridgehead atoms. The second-order valence-corrected chi connectivity index (χ2v) is 7.28. The fourth-order valence-corrected chi connectivity index (χ4v) is 3.61. The summed E-state index contributed by atoms with van der Waals surface area (Å²) in [6.45, 7) is 2.01. The van der Waals surface area contributed by atoms with Crippen LogP contribution in [-0.4, -0.2) is 5.78 Å². The molecule has 3 aromatic rings. The molecule has 2 nitrogen and oxygen atoms in total. The van der Waals surface area contributed by atoms with E-state index in [1.807, 2.05) is 67.6 Å². The SMILES string of the molecule is Cc1ccc(C(=O)C[C@H](Sc2ccc(Cl)cc2)c2ccco2)cc1. The van der Waals surface area contributed by atoms with Crippen LogP contribution in [0.25, 0.3) is 0 Å². The molecule has 0 radical (unpaired) electrons. The second-order valence-electron chi connectivity index (χ2n) is 5.57. The molecule has 1 aromatic heterocycles. The van der Waals surface area contributed by atoms with Crippen molar-refractivity contribution in [2.24, 2.45) is 0 Å². The predicted octanol–water partition coefficient (Wildman–Crippen LogP) is 6.35. The predicted molar refractivity (Wildman–Crippen MR) is 98.9 cm³/mol. The zero-order valence-electron chi connectivity index (χ0n) is 13.2. The van der Waals surface area contributed by atoms with Crippen LogP contribution < -0.4 is 0 Å². The van der Waals surface area contributed by atoms with E-state index >= 15 is 0 Å². The molecular weight excluding hydrogens is 340 g/mol. The summed E-state index contributed by atoms with van der Waals surface area (Å²) in [4.78, 5) is 13.7. The van der Waals surface area contributed by atoms with Crippen molar-refractivity contribution in [1.82, 2.24) is 0 Å². The van der Waals surface area contributed by atoms with E-state index in [1.165, 1.54) is 0 Å². The van der Waals surface area contributed by atoms with Crippen molar-refractivity contribution in [2.45, 2.75) is 23.5 Å². The smallest absolute Gasteiger partial charge is 0.164 e. The van der Waals surface area contributed by atoms with Crippen molar-refractivity contribution in [3.63, 3.8) is 0 Å². The monoisotopic (exact) mass is 356 g/mol. The number of thioether (sulfide) groups is 1. The number of furan rings is 1. The highest BCUT2D eigenvalue weighted by atomic mass is 35.5. The lowest BCUT2D eigenvalue weighted by molar-refractivity contribution is 0.0980. The van der Waals surface area contributed by atoms with Crippen molar-refractivity contribution < 1.29 is 9.21 Å². The molecule has 3 rings (SSSR count). The summed E-state index contributed by atoms with van der Waals surface area (Å²) in [5.74, 6) is 0.910. The van der Waals surface area contributed by atoms with Gasteiger partial charge in [0.1, 0.15) is 5.76 Å². The lowest BCUT2D eigenvalue weighted by Gasteiger charge is -2.14. The Morgan fingerprint density at radius 1 is 1.08 bits per heavy atom. The summed E-state index contributed by atoms with van der Waals surface area (Å²) in [5, 5.41) is 0.625. The first-order valence-corrected chi connectivity index (χ1v) is 8.93. The molecule has 0 aliphatic heterocycles. The van der Waals surface area contributed by atoms with Gasteiger partial charge >= 0.3 is 0 Å². The Balaban J connectivity index is 1.79. The first kappa shape index (κ1) is 16.9. The van der Waals surface area contributed by atoms with Crippen LogP contribution in [0.3, 0.4) is 0 Å². The minimum absolute atomic E-state index is 0.0741. The molecular formula is C20H17ClO2S. The highest BCUT2D eigenvalue weighted by molar-refractivity contribution is 7.99. The van der Waals surface area contributed by atoms with Gasteiger partial charge in [0.2, 0.25) is 0 Å². The first-order chi connectivity index (χ1) is 11.6. The number of Topliss-reactive ketones (excluding diaryl/α,β-unsaturated/α-hetero) is 1. The van der Waals surface area contributed by atoms with Gasteiger partial charge in [0.25, 0.3) is 0 Å². The molecule has 122 valence electrons. The van der Waals surface area contributed by atoms with Gasteiger partial charge in [-0.15, -0.1) is 11.8 Å². The first-order valence-electron chi connectivity index (χ1n) is 7.67. The van der Waals surface area contributed by atoms with E-state index in [0.29, 0.717) is 11.4 Å². The van der Waals surface area contributed by atoms with Crippen LogP contribution in [0.1, 0.15) is 33.4 Å². The van der Waals surface area contributed by atoms with E-state index in [0.717, 1.165) is 21.8 Å². The maximum Gasteiger partial charge on any atom is 0.164 e. The number of aryl methyl sites for hydroxylation is 1. The summed E-state index contributed by atoms with van der Waals surface area (Å²) in [7, 11) is 0. The molecule has 0 unspecified atom stereocenters. The standard InChI is InChI=1S/C20H17ClO2S/c1-14-4-6-15(7-5-14)18(22)13-20(19-3-2-12-23-19)24-17-10-8-16(21)9-11-17/h2-12,20H,13H2,1H3/t20-/m0/s1. The number of benzene rings is 2. The van der Waals surface area contributed by atoms with Crippen molar-refractivity contribution in [3.05, 3.63) is 88.8 Å². The quantitative estimate of drug-likeness (QED) is 0.381. The van der Waals surface area contributed by atoms with Gasteiger partial charge in [-0.25, -0.2) is 0 Å². The van der Waals surface area contributed by atoms with Crippen LogP contribution in [0.5, 0.6) is 0 Å². The summed E-state index contributed by atoms with van der Waals surface area (Å²) in [6, 6.07) is 19.1. The highest BCUT2D eigenvalue weighted by Crippen LogP contribution is 2.39. The van der Waals surface area contributed by atoms with Crippen molar-refractivity contribution in [1.29, 1.82) is 0 Å². The molecule has 0 saturated carbocycles. The van der Waals surface area contributed by atoms with Gasteiger partial charge < -0.3 is 4.42 Å². The normalized spacial score (nSPS) is 12.1. The van der Waals surface area contributed by atoms with Crippen molar-refractivity contribution in [3.8, 4) is 0 Å². The van der Waals surface area contributed by atoms with Crippen molar-refractivity contribution in [2.75, 3.05) is 0 Å². The van der Waals surface area contributed by atoms with E-state index in [9.17, 15) is 4.79 Å². The van der Waals surface area contributed by atoms with Gasteiger partial charge in [0, 0.05) is 21.9 Å². The Kier molecular flexibility index (Phi) is 5.44. The van der Waals surface area contributed by atoms with Gasteiger partial charge in [-0.3, -0.25) is 4.79 Å². The Hall–Kier alpha value is -1.97. The largest absolute Gasteiger partial charge is 0.468 e. The summed E-state index contributed by atoms with van der Waals surface area (Å²) in [5.41, 5.74) is 1.87. The maximum atomic E-state index is 12.6. The number of ketones is 1. The van der Waals surface area contributed by atoms with E-state index in [2.05, 4.69) is 0 Å². The molecule has 0 aliphatic rings. The van der Waals surface area contributed by atoms with Gasteiger partial charge in [0.05, 0.1) is 11.5 Å². The molecule has 2 aromatic carbocycles. The van der Waals surface area contributed by atoms with Crippen molar-refractivity contribution >= 4 is 29.1 Å². The Labute approximate surface area is 150 Å². The van der Waals surface area contributed by atoms with Crippen LogP contribution in [0.15, 0.2) is 76.2 Å². The lowest BCUT2D eigenvalue weighted by atomic mass is 10.0. The van der Waals surface area contributed by atoms with Gasteiger partial charge in [0.15, 0.2) is 5.78 Å². The Bertz CT molecular complexity index is 793. The van der Waals surface area contributed by atoms with E-state index in [-0.39, 0.29) is 11.0 Å². The summed E-state index contributed by atoms with van der Waals surface area (Å²) in [6.07, 6.45) is 2.02. The zero-order chi connectivity index (χ0) is 16.9. The highest BCUT2D eigenvalue weighted by Gasteiger charge is 2.21. The molecule has 4 heteroatoms. The zero-order valence-corrected chi connectivity index (χ0v) is 14.8. The maximum absolute atomic E-state index is 12.6. The summed E-state index contributed by atoms with van der Waals surface area (Å²) >= 11 is 7.55. The third-order valence-electron chi connectivity index (χ3n) is 3.70. The van der Waals surface area contributed by atoms with Gasteiger partial charge in [-0.1, -0.05) is 41.4 Å². The Morgan fingerprint density at radius 3 is 2.42 bits per heavy atom. The minimum atomic E-state index is -0.0741. The topological polar surface area (TPSA) is 30.2 Å². The molecule has 1 atom stereocenters. The number of rotatable bonds is 6.